The van der Waals surface area contributed by atoms with Gasteiger partial charge in [0.05, 0.1) is 18.1 Å². The van der Waals surface area contributed by atoms with E-state index in [4.69, 9.17) is 4.74 Å². The standard InChI is InChI=1S/C16H20BrNO2/c1-5-12(3)15(17)16(19)18(6-2)11-13-7-9-14(20-4)10-8-13/h6-10H,2,5,11H2,1,3-4H3/b15-12-. The molecule has 0 aliphatic rings. The maximum Gasteiger partial charge on any atom is 0.265 e. The zero-order valence-corrected chi connectivity index (χ0v) is 13.7. The number of halogens is 1. The highest BCUT2D eigenvalue weighted by Gasteiger charge is 2.16. The molecule has 108 valence electrons. The van der Waals surface area contributed by atoms with Crippen LogP contribution in [0.5, 0.6) is 5.75 Å². The Hall–Kier alpha value is -1.55. The fourth-order valence-corrected chi connectivity index (χ4v) is 2.12. The van der Waals surface area contributed by atoms with Gasteiger partial charge in [0.1, 0.15) is 5.75 Å². The third kappa shape index (κ3) is 4.23. The summed E-state index contributed by atoms with van der Waals surface area (Å²) in [5, 5.41) is 0. The third-order valence-electron chi connectivity index (χ3n) is 3.09. The van der Waals surface area contributed by atoms with Crippen LogP contribution in [0.1, 0.15) is 25.8 Å². The van der Waals surface area contributed by atoms with E-state index in [-0.39, 0.29) is 5.91 Å². The van der Waals surface area contributed by atoms with E-state index in [2.05, 4.69) is 22.5 Å². The predicted molar refractivity (Wildman–Crippen MR) is 85.7 cm³/mol. The van der Waals surface area contributed by atoms with Crippen LogP contribution in [-0.2, 0) is 11.3 Å². The van der Waals surface area contributed by atoms with Gasteiger partial charge < -0.3 is 9.64 Å². The minimum absolute atomic E-state index is 0.0739. The first-order valence-corrected chi connectivity index (χ1v) is 7.24. The largest absolute Gasteiger partial charge is 0.497 e. The van der Waals surface area contributed by atoms with E-state index in [1.807, 2.05) is 38.1 Å². The molecule has 0 saturated carbocycles. The van der Waals surface area contributed by atoms with Gasteiger partial charge in [-0.05, 0) is 47.0 Å². The molecule has 0 aromatic heterocycles. The molecule has 20 heavy (non-hydrogen) atoms. The van der Waals surface area contributed by atoms with Gasteiger partial charge in [-0.2, -0.15) is 0 Å². The molecular formula is C16H20BrNO2. The van der Waals surface area contributed by atoms with E-state index in [0.29, 0.717) is 11.0 Å². The van der Waals surface area contributed by atoms with E-state index in [0.717, 1.165) is 23.3 Å². The highest BCUT2D eigenvalue weighted by molar-refractivity contribution is 9.12. The van der Waals surface area contributed by atoms with Crippen LogP contribution in [0.25, 0.3) is 0 Å². The molecule has 1 aromatic rings. The summed E-state index contributed by atoms with van der Waals surface area (Å²) in [4.78, 5) is 13.9. The van der Waals surface area contributed by atoms with Crippen molar-refractivity contribution in [2.75, 3.05) is 7.11 Å². The first-order valence-electron chi connectivity index (χ1n) is 6.45. The fourth-order valence-electron chi connectivity index (χ4n) is 1.61. The molecule has 0 radical (unpaired) electrons. The predicted octanol–water partition coefficient (Wildman–Crippen LogP) is 4.25. The number of rotatable bonds is 6. The van der Waals surface area contributed by atoms with Gasteiger partial charge in [-0.1, -0.05) is 31.2 Å². The molecule has 1 amide bonds. The monoisotopic (exact) mass is 337 g/mol. The summed E-state index contributed by atoms with van der Waals surface area (Å²) in [7, 11) is 1.63. The summed E-state index contributed by atoms with van der Waals surface area (Å²) in [6.45, 7) is 8.16. The summed E-state index contributed by atoms with van der Waals surface area (Å²) in [5.74, 6) is 0.725. The van der Waals surface area contributed by atoms with Crippen molar-refractivity contribution in [3.8, 4) is 5.75 Å². The number of nitrogens with zero attached hydrogens (tertiary/aromatic N) is 1. The molecular weight excluding hydrogens is 318 g/mol. The molecule has 0 saturated heterocycles. The number of methoxy groups -OCH3 is 1. The summed E-state index contributed by atoms with van der Waals surface area (Å²) in [5.41, 5.74) is 2.05. The molecule has 4 heteroatoms. The number of carbonyl (C=O) groups is 1. The number of hydrogen-bond acceptors (Lipinski definition) is 2. The van der Waals surface area contributed by atoms with E-state index < -0.39 is 0 Å². The summed E-state index contributed by atoms with van der Waals surface area (Å²) in [6.07, 6.45) is 2.39. The topological polar surface area (TPSA) is 29.5 Å². The second kappa shape index (κ2) is 7.90. The zero-order valence-electron chi connectivity index (χ0n) is 12.1. The van der Waals surface area contributed by atoms with Crippen LogP contribution in [0.4, 0.5) is 0 Å². The average Bonchev–Trinajstić information content (AvgIpc) is 2.50. The first kappa shape index (κ1) is 16.5. The van der Waals surface area contributed by atoms with Crippen molar-refractivity contribution in [1.29, 1.82) is 0 Å². The van der Waals surface area contributed by atoms with Gasteiger partial charge in [-0.3, -0.25) is 4.79 Å². The normalized spacial score (nSPS) is 11.6. The van der Waals surface area contributed by atoms with Crippen LogP contribution in [0.2, 0.25) is 0 Å². The van der Waals surface area contributed by atoms with Crippen molar-refractivity contribution in [1.82, 2.24) is 4.90 Å². The smallest absolute Gasteiger partial charge is 0.265 e. The minimum Gasteiger partial charge on any atom is -0.497 e. The summed E-state index contributed by atoms with van der Waals surface area (Å²) in [6, 6.07) is 7.63. The van der Waals surface area contributed by atoms with Gasteiger partial charge in [0.25, 0.3) is 5.91 Å². The Balaban J connectivity index is 2.86. The van der Waals surface area contributed by atoms with Crippen molar-refractivity contribution < 1.29 is 9.53 Å². The second-order valence-electron chi connectivity index (χ2n) is 4.41. The SMILES string of the molecule is C=CN(Cc1ccc(OC)cc1)C(=O)/C(Br)=C(\C)CC. The average molecular weight is 338 g/mol. The van der Waals surface area contributed by atoms with E-state index >= 15 is 0 Å². The second-order valence-corrected chi connectivity index (χ2v) is 5.20. The van der Waals surface area contributed by atoms with Gasteiger partial charge in [-0.25, -0.2) is 0 Å². The molecule has 0 spiro atoms. The van der Waals surface area contributed by atoms with E-state index in [1.54, 1.807) is 18.2 Å². The lowest BCUT2D eigenvalue weighted by atomic mass is 10.2. The third-order valence-corrected chi connectivity index (χ3v) is 4.10. The van der Waals surface area contributed by atoms with Crippen LogP contribution < -0.4 is 4.74 Å². The lowest BCUT2D eigenvalue weighted by Gasteiger charge is -2.19. The molecule has 3 nitrogen and oxygen atoms in total. The van der Waals surface area contributed by atoms with Gasteiger partial charge >= 0.3 is 0 Å². The van der Waals surface area contributed by atoms with Crippen LogP contribution in [0, 0.1) is 0 Å². The Labute approximate surface area is 129 Å². The first-order chi connectivity index (χ1) is 9.53. The number of ether oxygens (including phenoxy) is 1. The highest BCUT2D eigenvalue weighted by atomic mass is 79.9. The van der Waals surface area contributed by atoms with Crippen LogP contribution in [-0.4, -0.2) is 17.9 Å². The number of carbonyl (C=O) groups excluding carboxylic acids is 1. The Morgan fingerprint density at radius 3 is 2.45 bits per heavy atom. The Kier molecular flexibility index (Phi) is 6.52. The summed E-state index contributed by atoms with van der Waals surface area (Å²) < 4.78 is 5.72. The number of hydrogen-bond donors (Lipinski definition) is 0. The molecule has 0 N–H and O–H groups in total. The van der Waals surface area contributed by atoms with Crippen LogP contribution in [0.15, 0.2) is 47.1 Å². The van der Waals surface area contributed by atoms with Gasteiger partial charge in [0, 0.05) is 6.20 Å². The Morgan fingerprint density at radius 1 is 1.40 bits per heavy atom. The molecule has 0 unspecified atom stereocenters. The molecule has 0 bridgehead atoms. The van der Waals surface area contributed by atoms with Crippen molar-refractivity contribution >= 4 is 21.8 Å². The van der Waals surface area contributed by atoms with Crippen molar-refractivity contribution in [3.05, 3.63) is 52.7 Å². The van der Waals surface area contributed by atoms with E-state index in [9.17, 15) is 4.79 Å². The molecule has 1 rings (SSSR count). The molecule has 1 aromatic carbocycles. The van der Waals surface area contributed by atoms with Gasteiger partial charge in [-0.15, -0.1) is 0 Å². The molecule has 0 heterocycles. The maximum atomic E-state index is 12.3. The zero-order chi connectivity index (χ0) is 15.1. The molecule has 0 fully saturated rings. The number of allylic oxidation sites excluding steroid dienone is 1. The maximum absolute atomic E-state index is 12.3. The summed E-state index contributed by atoms with van der Waals surface area (Å²) >= 11 is 3.37. The van der Waals surface area contributed by atoms with Crippen LogP contribution in [0.3, 0.4) is 0 Å². The molecule has 0 aliphatic carbocycles. The Bertz CT molecular complexity index is 506. The van der Waals surface area contributed by atoms with Gasteiger partial charge in [0.2, 0.25) is 0 Å². The number of amides is 1. The number of benzene rings is 1. The van der Waals surface area contributed by atoms with Gasteiger partial charge in [0.15, 0.2) is 0 Å². The lowest BCUT2D eigenvalue weighted by molar-refractivity contribution is -0.124. The van der Waals surface area contributed by atoms with Crippen molar-refractivity contribution in [3.63, 3.8) is 0 Å². The highest BCUT2D eigenvalue weighted by Crippen LogP contribution is 2.20. The molecule has 0 aliphatic heterocycles. The Morgan fingerprint density at radius 2 is 2.00 bits per heavy atom. The van der Waals surface area contributed by atoms with Crippen molar-refractivity contribution in [2.24, 2.45) is 0 Å². The van der Waals surface area contributed by atoms with E-state index in [1.165, 1.54) is 0 Å². The molecule has 0 atom stereocenters. The quantitative estimate of drug-likeness (QED) is 0.726. The van der Waals surface area contributed by atoms with Crippen molar-refractivity contribution in [2.45, 2.75) is 26.8 Å². The van der Waals surface area contributed by atoms with Crippen LogP contribution >= 0.6 is 15.9 Å². The lowest BCUT2D eigenvalue weighted by Crippen LogP contribution is -2.25. The minimum atomic E-state index is -0.0739. The fraction of sp³-hybridized carbons (Fsp3) is 0.312.